The molecule has 8 heteroatoms. The second-order valence-corrected chi connectivity index (χ2v) is 7.07. The van der Waals surface area contributed by atoms with Crippen LogP contribution in [0.1, 0.15) is 57.8 Å². The number of carbonyl (C=O) groups is 4. The van der Waals surface area contributed by atoms with Crippen molar-refractivity contribution in [2.75, 3.05) is 33.4 Å². The van der Waals surface area contributed by atoms with Gasteiger partial charge in [-0.1, -0.05) is 13.8 Å². The largest absolute Gasteiger partial charge is 0.385 e. The van der Waals surface area contributed by atoms with Crippen LogP contribution < -0.4 is 10.6 Å². The van der Waals surface area contributed by atoms with E-state index in [4.69, 9.17) is 4.74 Å². The van der Waals surface area contributed by atoms with E-state index in [9.17, 15) is 19.2 Å². The summed E-state index contributed by atoms with van der Waals surface area (Å²) in [7, 11) is 1.56. The van der Waals surface area contributed by atoms with E-state index in [2.05, 4.69) is 10.6 Å². The molecular formula is C20H27N3O5. The lowest BCUT2D eigenvalue weighted by atomic mass is 10.1. The summed E-state index contributed by atoms with van der Waals surface area (Å²) in [5, 5.41) is 5.43. The van der Waals surface area contributed by atoms with Gasteiger partial charge in [-0.15, -0.1) is 0 Å². The van der Waals surface area contributed by atoms with Crippen LogP contribution in [0, 0.1) is 5.92 Å². The van der Waals surface area contributed by atoms with Gasteiger partial charge in [-0.05, 0) is 30.5 Å². The van der Waals surface area contributed by atoms with Crippen LogP contribution in [0.3, 0.4) is 0 Å². The van der Waals surface area contributed by atoms with Gasteiger partial charge in [-0.3, -0.25) is 24.1 Å². The molecule has 1 heterocycles. The summed E-state index contributed by atoms with van der Waals surface area (Å²) in [4.78, 5) is 49.9. The van der Waals surface area contributed by atoms with Crippen molar-refractivity contribution in [2.45, 2.75) is 26.7 Å². The number of benzene rings is 1. The van der Waals surface area contributed by atoms with Crippen molar-refractivity contribution < 1.29 is 23.9 Å². The number of nitrogens with zero attached hydrogens (tertiary/aromatic N) is 1. The molecule has 1 aliphatic rings. The summed E-state index contributed by atoms with van der Waals surface area (Å²) in [6.45, 7) is 5.25. The number of nitrogens with one attached hydrogen (secondary N) is 2. The molecule has 0 fully saturated rings. The molecule has 2 rings (SSSR count). The van der Waals surface area contributed by atoms with E-state index in [0.29, 0.717) is 37.1 Å². The fourth-order valence-corrected chi connectivity index (χ4v) is 2.93. The van der Waals surface area contributed by atoms with Crippen LogP contribution in [0.2, 0.25) is 0 Å². The molecule has 1 aromatic rings. The molecule has 0 aromatic heterocycles. The van der Waals surface area contributed by atoms with Crippen LogP contribution in [0.15, 0.2) is 18.2 Å². The molecule has 0 atom stereocenters. The number of ether oxygens (including phenoxy) is 1. The molecule has 0 unspecified atom stereocenters. The highest BCUT2D eigenvalue weighted by Gasteiger charge is 2.35. The molecule has 0 saturated heterocycles. The van der Waals surface area contributed by atoms with Gasteiger partial charge in [0.1, 0.15) is 0 Å². The zero-order valence-electron chi connectivity index (χ0n) is 16.5. The maximum Gasteiger partial charge on any atom is 0.261 e. The lowest BCUT2D eigenvalue weighted by Crippen LogP contribution is -2.35. The predicted octanol–water partition coefficient (Wildman–Crippen LogP) is 1.21. The Morgan fingerprint density at radius 2 is 1.75 bits per heavy atom. The number of hydrogen-bond donors (Lipinski definition) is 2. The lowest BCUT2D eigenvalue weighted by Gasteiger charge is -2.12. The normalized spacial score (nSPS) is 13.1. The topological polar surface area (TPSA) is 105 Å². The smallest absolute Gasteiger partial charge is 0.261 e. The Hall–Kier alpha value is -2.74. The van der Waals surface area contributed by atoms with Gasteiger partial charge >= 0.3 is 0 Å². The Bertz CT molecular complexity index is 760. The average Bonchev–Trinajstić information content (AvgIpc) is 2.89. The lowest BCUT2D eigenvalue weighted by molar-refractivity contribution is -0.121. The summed E-state index contributed by atoms with van der Waals surface area (Å²) in [5.74, 6) is -0.892. The van der Waals surface area contributed by atoms with Gasteiger partial charge in [0, 0.05) is 45.3 Å². The summed E-state index contributed by atoms with van der Waals surface area (Å²) < 4.78 is 4.95. The van der Waals surface area contributed by atoms with Crippen molar-refractivity contribution in [3.05, 3.63) is 34.9 Å². The molecule has 152 valence electrons. The predicted molar refractivity (Wildman–Crippen MR) is 103 cm³/mol. The second-order valence-electron chi connectivity index (χ2n) is 7.07. The van der Waals surface area contributed by atoms with E-state index in [1.807, 2.05) is 13.8 Å². The van der Waals surface area contributed by atoms with Crippen molar-refractivity contribution in [3.8, 4) is 0 Å². The number of imide groups is 1. The minimum atomic E-state index is -0.397. The fourth-order valence-electron chi connectivity index (χ4n) is 2.93. The summed E-state index contributed by atoms with van der Waals surface area (Å²) >= 11 is 0. The first-order valence-electron chi connectivity index (χ1n) is 9.39. The fraction of sp³-hybridized carbons (Fsp3) is 0.500. The first kappa shape index (κ1) is 21.6. The van der Waals surface area contributed by atoms with Gasteiger partial charge in [-0.2, -0.15) is 0 Å². The Kier molecular flexibility index (Phi) is 7.69. The van der Waals surface area contributed by atoms with Crippen LogP contribution in [0.25, 0.3) is 0 Å². The van der Waals surface area contributed by atoms with Gasteiger partial charge in [0.05, 0.1) is 11.1 Å². The van der Waals surface area contributed by atoms with Gasteiger partial charge in [0.15, 0.2) is 0 Å². The van der Waals surface area contributed by atoms with Gasteiger partial charge < -0.3 is 15.4 Å². The number of amides is 4. The maximum atomic E-state index is 12.5. The van der Waals surface area contributed by atoms with E-state index in [0.717, 1.165) is 0 Å². The zero-order valence-corrected chi connectivity index (χ0v) is 16.5. The Balaban J connectivity index is 1.91. The highest BCUT2D eigenvalue weighted by molar-refractivity contribution is 6.22. The summed E-state index contributed by atoms with van der Waals surface area (Å²) in [6, 6.07) is 4.47. The third kappa shape index (κ3) is 5.39. The summed E-state index contributed by atoms with van der Waals surface area (Å²) in [5.41, 5.74) is 0.840. The van der Waals surface area contributed by atoms with Crippen molar-refractivity contribution in [1.82, 2.24) is 15.5 Å². The number of carbonyl (C=O) groups excluding carboxylic acids is 4. The molecule has 2 N–H and O–H groups in total. The molecule has 8 nitrogen and oxygen atoms in total. The van der Waals surface area contributed by atoms with E-state index < -0.39 is 5.91 Å². The average molecular weight is 389 g/mol. The minimum absolute atomic E-state index is 0.0561. The standard InChI is InChI=1S/C20H27N3O5/c1-13(2)11-17(24)21-7-8-22-18(25)14-5-6-15-16(12-14)20(27)23(19(15)26)9-4-10-28-3/h5-6,12-13H,4,7-11H2,1-3H3,(H,21,24)(H,22,25). The van der Waals surface area contributed by atoms with E-state index >= 15 is 0 Å². The number of rotatable bonds is 10. The van der Waals surface area contributed by atoms with E-state index in [-0.39, 0.29) is 42.3 Å². The monoisotopic (exact) mass is 389 g/mol. The van der Waals surface area contributed by atoms with Crippen LogP contribution in [0.5, 0.6) is 0 Å². The molecule has 28 heavy (non-hydrogen) atoms. The number of methoxy groups -OCH3 is 1. The third-order valence-corrected chi connectivity index (χ3v) is 4.29. The van der Waals surface area contributed by atoms with Crippen molar-refractivity contribution in [1.29, 1.82) is 0 Å². The second kappa shape index (κ2) is 9.98. The van der Waals surface area contributed by atoms with Crippen LogP contribution in [-0.2, 0) is 9.53 Å². The zero-order chi connectivity index (χ0) is 20.7. The Labute approximate surface area is 164 Å². The van der Waals surface area contributed by atoms with Crippen molar-refractivity contribution in [2.24, 2.45) is 5.92 Å². The number of fused-ring (bicyclic) bond motifs is 1. The SMILES string of the molecule is COCCCN1C(=O)c2ccc(C(=O)NCCNC(=O)CC(C)C)cc2C1=O. The van der Waals surface area contributed by atoms with Gasteiger partial charge in [0.25, 0.3) is 17.7 Å². The van der Waals surface area contributed by atoms with E-state index in [1.54, 1.807) is 7.11 Å². The third-order valence-electron chi connectivity index (χ3n) is 4.29. The molecule has 4 amide bonds. The van der Waals surface area contributed by atoms with Gasteiger partial charge in [-0.25, -0.2) is 0 Å². The molecule has 0 spiro atoms. The molecule has 0 aliphatic carbocycles. The molecule has 0 bridgehead atoms. The molecule has 0 radical (unpaired) electrons. The molecule has 1 aromatic carbocycles. The van der Waals surface area contributed by atoms with E-state index in [1.165, 1.54) is 23.1 Å². The summed E-state index contributed by atoms with van der Waals surface area (Å²) in [6.07, 6.45) is 0.994. The first-order valence-corrected chi connectivity index (χ1v) is 9.39. The Morgan fingerprint density at radius 3 is 2.43 bits per heavy atom. The van der Waals surface area contributed by atoms with Gasteiger partial charge in [0.2, 0.25) is 5.91 Å². The Morgan fingerprint density at radius 1 is 1.07 bits per heavy atom. The minimum Gasteiger partial charge on any atom is -0.385 e. The number of hydrogen-bond acceptors (Lipinski definition) is 5. The maximum absolute atomic E-state index is 12.5. The van der Waals surface area contributed by atoms with Crippen molar-refractivity contribution >= 4 is 23.6 Å². The van der Waals surface area contributed by atoms with Crippen LogP contribution in [0.4, 0.5) is 0 Å². The van der Waals surface area contributed by atoms with Crippen LogP contribution in [-0.4, -0.2) is 61.9 Å². The quantitative estimate of drug-likeness (QED) is 0.462. The first-order chi connectivity index (χ1) is 13.3. The highest BCUT2D eigenvalue weighted by Crippen LogP contribution is 2.24. The van der Waals surface area contributed by atoms with Crippen LogP contribution >= 0.6 is 0 Å². The molecule has 0 saturated carbocycles. The molecule has 1 aliphatic heterocycles. The molecular weight excluding hydrogens is 362 g/mol. The highest BCUT2D eigenvalue weighted by atomic mass is 16.5. The van der Waals surface area contributed by atoms with Crippen molar-refractivity contribution in [3.63, 3.8) is 0 Å².